The van der Waals surface area contributed by atoms with Gasteiger partial charge in [-0.1, -0.05) is 0 Å². The lowest BCUT2D eigenvalue weighted by Gasteiger charge is -2.35. The predicted octanol–water partition coefficient (Wildman–Crippen LogP) is 1.10. The van der Waals surface area contributed by atoms with Crippen molar-refractivity contribution in [3.63, 3.8) is 0 Å². The molecule has 0 radical (unpaired) electrons. The number of unbranched alkanes of at least 4 members (excludes halogenated alkanes) is 1. The van der Waals surface area contributed by atoms with Crippen LogP contribution in [0.25, 0.3) is 0 Å². The summed E-state index contributed by atoms with van der Waals surface area (Å²) in [7, 11) is 4.19. The van der Waals surface area contributed by atoms with E-state index in [2.05, 4.69) is 23.9 Å². The normalized spacial score (nSPS) is 17.4. The lowest BCUT2D eigenvalue weighted by molar-refractivity contribution is -0.133. The summed E-state index contributed by atoms with van der Waals surface area (Å²) in [4.78, 5) is 18.5. The van der Waals surface area contributed by atoms with E-state index < -0.39 is 0 Å². The highest BCUT2D eigenvalue weighted by molar-refractivity contribution is 6.17. The number of rotatable bonds is 7. The minimum absolute atomic E-state index is 0.298. The van der Waals surface area contributed by atoms with Crippen LogP contribution in [-0.4, -0.2) is 79.9 Å². The van der Waals surface area contributed by atoms with Gasteiger partial charge in [-0.3, -0.25) is 9.69 Å². The number of carbonyl (C=O) groups excluding carboxylic acids is 1. The van der Waals surface area contributed by atoms with E-state index >= 15 is 0 Å². The van der Waals surface area contributed by atoms with Gasteiger partial charge in [-0.15, -0.1) is 11.6 Å². The van der Waals surface area contributed by atoms with E-state index in [1.54, 1.807) is 0 Å². The zero-order chi connectivity index (χ0) is 13.4. The summed E-state index contributed by atoms with van der Waals surface area (Å²) in [5.74, 6) is 0.957. The highest BCUT2D eigenvalue weighted by Crippen LogP contribution is 2.06. The first-order valence-electron chi connectivity index (χ1n) is 6.84. The molecule has 0 saturated carbocycles. The summed E-state index contributed by atoms with van der Waals surface area (Å²) < 4.78 is 0. The molecular formula is C13H26ClN3O. The molecule has 0 aliphatic carbocycles. The van der Waals surface area contributed by atoms with E-state index in [4.69, 9.17) is 11.6 Å². The number of likely N-dealkylation sites (N-methyl/N-ethyl adjacent to an activating group) is 1. The van der Waals surface area contributed by atoms with Gasteiger partial charge < -0.3 is 9.80 Å². The zero-order valence-corrected chi connectivity index (χ0v) is 12.5. The summed E-state index contributed by atoms with van der Waals surface area (Å²) in [6.07, 6.45) is 2.52. The van der Waals surface area contributed by atoms with Crippen LogP contribution in [0.2, 0.25) is 0 Å². The van der Waals surface area contributed by atoms with Crippen LogP contribution in [0.5, 0.6) is 0 Å². The molecule has 0 aromatic carbocycles. The van der Waals surface area contributed by atoms with E-state index in [-0.39, 0.29) is 0 Å². The molecule has 18 heavy (non-hydrogen) atoms. The number of halogens is 1. The predicted molar refractivity (Wildman–Crippen MR) is 76.1 cm³/mol. The van der Waals surface area contributed by atoms with Crippen molar-refractivity contribution >= 4 is 17.5 Å². The van der Waals surface area contributed by atoms with E-state index in [0.717, 1.165) is 52.1 Å². The Hall–Kier alpha value is -0.320. The molecule has 4 nitrogen and oxygen atoms in total. The van der Waals surface area contributed by atoms with Crippen LogP contribution >= 0.6 is 11.6 Å². The number of hydrogen-bond acceptors (Lipinski definition) is 3. The van der Waals surface area contributed by atoms with Crippen LogP contribution in [0.3, 0.4) is 0 Å². The average molecular weight is 276 g/mol. The first kappa shape index (κ1) is 15.7. The van der Waals surface area contributed by atoms with Crippen molar-refractivity contribution in [2.75, 3.05) is 59.2 Å². The first-order valence-corrected chi connectivity index (χ1v) is 7.37. The molecular weight excluding hydrogens is 250 g/mol. The number of nitrogens with zero attached hydrogens (tertiary/aromatic N) is 3. The third kappa shape index (κ3) is 6.03. The van der Waals surface area contributed by atoms with E-state index in [9.17, 15) is 4.79 Å². The van der Waals surface area contributed by atoms with Crippen LogP contribution in [0.15, 0.2) is 0 Å². The van der Waals surface area contributed by atoms with E-state index in [1.165, 1.54) is 0 Å². The molecule has 0 unspecified atom stereocenters. The van der Waals surface area contributed by atoms with Gasteiger partial charge in [0.2, 0.25) is 5.91 Å². The fourth-order valence-electron chi connectivity index (χ4n) is 2.09. The summed E-state index contributed by atoms with van der Waals surface area (Å²) in [6, 6.07) is 0. The van der Waals surface area contributed by atoms with Gasteiger partial charge in [0.05, 0.1) is 0 Å². The fourth-order valence-corrected chi connectivity index (χ4v) is 2.28. The fraction of sp³-hybridized carbons (Fsp3) is 0.923. The van der Waals surface area contributed by atoms with Crippen molar-refractivity contribution in [3.05, 3.63) is 0 Å². The number of hydrogen-bond donors (Lipinski definition) is 0. The summed E-state index contributed by atoms with van der Waals surface area (Å²) >= 11 is 5.61. The first-order chi connectivity index (χ1) is 8.63. The van der Waals surface area contributed by atoms with Crippen LogP contribution in [0.4, 0.5) is 0 Å². The van der Waals surface area contributed by atoms with Crippen LogP contribution in [-0.2, 0) is 4.79 Å². The molecule has 1 amide bonds. The molecule has 0 spiro atoms. The Morgan fingerprint density at radius 2 is 1.83 bits per heavy atom. The lowest BCUT2D eigenvalue weighted by atomic mass is 10.2. The smallest absolute Gasteiger partial charge is 0.222 e. The van der Waals surface area contributed by atoms with Gasteiger partial charge in [0.1, 0.15) is 0 Å². The van der Waals surface area contributed by atoms with Crippen molar-refractivity contribution in [1.29, 1.82) is 0 Å². The van der Waals surface area contributed by atoms with Crippen LogP contribution in [0, 0.1) is 0 Å². The molecule has 1 aliphatic heterocycles. The second-order valence-electron chi connectivity index (χ2n) is 5.17. The second-order valence-corrected chi connectivity index (χ2v) is 5.55. The average Bonchev–Trinajstić information content (AvgIpc) is 2.37. The van der Waals surface area contributed by atoms with E-state index in [0.29, 0.717) is 18.2 Å². The summed E-state index contributed by atoms with van der Waals surface area (Å²) in [5.41, 5.74) is 0. The molecule has 0 N–H and O–H groups in total. The third-order valence-electron chi connectivity index (χ3n) is 3.36. The van der Waals surface area contributed by atoms with Crippen LogP contribution in [0.1, 0.15) is 19.3 Å². The summed E-state index contributed by atoms with van der Waals surface area (Å²) in [6.45, 7) is 5.97. The number of piperazine rings is 1. The molecule has 5 heteroatoms. The molecule has 0 atom stereocenters. The Morgan fingerprint density at radius 1 is 1.17 bits per heavy atom. The Morgan fingerprint density at radius 3 is 2.39 bits per heavy atom. The van der Waals surface area contributed by atoms with Gasteiger partial charge in [-0.25, -0.2) is 0 Å². The van der Waals surface area contributed by atoms with Crippen LogP contribution < -0.4 is 0 Å². The molecule has 106 valence electrons. The maximum Gasteiger partial charge on any atom is 0.222 e. The van der Waals surface area contributed by atoms with Gasteiger partial charge in [0.15, 0.2) is 0 Å². The quantitative estimate of drug-likeness (QED) is 0.514. The van der Waals surface area contributed by atoms with E-state index in [1.807, 2.05) is 4.90 Å². The molecule has 1 saturated heterocycles. The van der Waals surface area contributed by atoms with Gasteiger partial charge in [-0.2, -0.15) is 0 Å². The largest absolute Gasteiger partial charge is 0.340 e. The SMILES string of the molecule is CN(C)CCN1CCN(C(=O)CCCCCl)CC1. The minimum atomic E-state index is 0.298. The number of amides is 1. The highest BCUT2D eigenvalue weighted by Gasteiger charge is 2.20. The molecule has 0 aromatic heterocycles. The Kier molecular flexibility index (Phi) is 7.63. The lowest BCUT2D eigenvalue weighted by Crippen LogP contribution is -2.49. The zero-order valence-electron chi connectivity index (χ0n) is 11.7. The van der Waals surface area contributed by atoms with Crippen molar-refractivity contribution < 1.29 is 4.79 Å². The molecule has 1 heterocycles. The van der Waals surface area contributed by atoms with Crippen molar-refractivity contribution in [3.8, 4) is 0 Å². The maximum atomic E-state index is 11.9. The highest BCUT2D eigenvalue weighted by atomic mass is 35.5. The van der Waals surface area contributed by atoms with Gasteiger partial charge >= 0.3 is 0 Å². The van der Waals surface area contributed by atoms with Gasteiger partial charge in [-0.05, 0) is 26.9 Å². The number of alkyl halides is 1. The third-order valence-corrected chi connectivity index (χ3v) is 3.63. The summed E-state index contributed by atoms with van der Waals surface area (Å²) in [5, 5.41) is 0. The Bertz CT molecular complexity index is 240. The maximum absolute atomic E-state index is 11.9. The molecule has 1 fully saturated rings. The van der Waals surface area contributed by atoms with Crippen molar-refractivity contribution in [2.24, 2.45) is 0 Å². The molecule has 1 rings (SSSR count). The monoisotopic (exact) mass is 275 g/mol. The molecule has 0 bridgehead atoms. The molecule has 0 aromatic rings. The van der Waals surface area contributed by atoms with Crippen molar-refractivity contribution in [2.45, 2.75) is 19.3 Å². The standard InChI is InChI=1S/C13H26ClN3O/c1-15(2)7-8-16-9-11-17(12-10-16)13(18)5-3-4-6-14/h3-12H2,1-2H3. The van der Waals surface area contributed by atoms with Crippen molar-refractivity contribution in [1.82, 2.24) is 14.7 Å². The molecule has 1 aliphatic rings. The Balaban J connectivity index is 2.16. The van der Waals surface area contributed by atoms with Gasteiger partial charge in [0.25, 0.3) is 0 Å². The van der Waals surface area contributed by atoms with Gasteiger partial charge in [0, 0.05) is 51.6 Å². The minimum Gasteiger partial charge on any atom is -0.340 e. The second kappa shape index (κ2) is 8.73. The topological polar surface area (TPSA) is 26.8 Å². The number of carbonyl (C=O) groups is 1. The Labute approximate surface area is 116 Å².